The summed E-state index contributed by atoms with van der Waals surface area (Å²) in [6.07, 6.45) is -1.71. The van der Waals surface area contributed by atoms with Crippen LogP contribution in [0.15, 0.2) is 34.3 Å². The summed E-state index contributed by atoms with van der Waals surface area (Å²) in [7, 11) is -4.23. The minimum Gasteiger partial charge on any atom is -0.464 e. The number of azide groups is 1. The third-order valence-electron chi connectivity index (χ3n) is 1.53. The first-order valence-electron chi connectivity index (χ1n) is 3.87. The number of benzene rings is 1. The summed E-state index contributed by atoms with van der Waals surface area (Å²) in [6, 6.07) is 5.24. The average molecular weight is 242 g/mol. The number of hydrogen-bond donors (Lipinski definition) is 2. The van der Waals surface area contributed by atoms with Gasteiger partial charge in [-0.1, -0.05) is 23.3 Å². The summed E-state index contributed by atoms with van der Waals surface area (Å²) in [5.41, 5.74) is 8.05. The smallest absolute Gasteiger partial charge is 0.418 e. The predicted octanol–water partition coefficient (Wildman–Crippen LogP) is 1.58. The van der Waals surface area contributed by atoms with Crippen molar-refractivity contribution in [3.8, 4) is 0 Å². The molecule has 1 amide bonds. The van der Waals surface area contributed by atoms with Crippen molar-refractivity contribution in [2.45, 2.75) is 4.90 Å². The molecule has 0 aliphatic rings. The van der Waals surface area contributed by atoms with Gasteiger partial charge in [-0.2, -0.15) is 0 Å². The zero-order chi connectivity index (χ0) is 12.2. The van der Waals surface area contributed by atoms with Crippen molar-refractivity contribution in [3.63, 3.8) is 0 Å². The summed E-state index contributed by atoms with van der Waals surface area (Å²) in [5, 5.41) is 11.5. The van der Waals surface area contributed by atoms with E-state index in [1.54, 1.807) is 0 Å². The van der Waals surface area contributed by atoms with Gasteiger partial charge in [0.2, 0.25) is 0 Å². The third kappa shape index (κ3) is 2.62. The average Bonchev–Trinajstić information content (AvgIpc) is 2.17. The zero-order valence-electron chi connectivity index (χ0n) is 7.73. The first-order valence-corrected chi connectivity index (χ1v) is 5.35. The highest BCUT2D eigenvalue weighted by Gasteiger charge is 2.19. The van der Waals surface area contributed by atoms with E-state index in [1.165, 1.54) is 22.9 Å². The van der Waals surface area contributed by atoms with Crippen LogP contribution in [0.4, 0.5) is 10.5 Å². The molecule has 0 atom stereocenters. The lowest BCUT2D eigenvalue weighted by Gasteiger charge is -2.05. The quantitative estimate of drug-likeness (QED) is 0.473. The van der Waals surface area contributed by atoms with Gasteiger partial charge in [-0.3, -0.25) is 0 Å². The van der Waals surface area contributed by atoms with E-state index < -0.39 is 21.0 Å². The molecule has 8 nitrogen and oxygen atoms in total. The van der Waals surface area contributed by atoms with Gasteiger partial charge in [-0.25, -0.2) is 17.9 Å². The number of hydrogen-bond acceptors (Lipinski definition) is 4. The lowest BCUT2D eigenvalue weighted by atomic mass is 10.3. The zero-order valence-corrected chi connectivity index (χ0v) is 8.55. The summed E-state index contributed by atoms with van der Waals surface area (Å²) < 4.78 is 24.3. The molecule has 0 unspecified atom stereocenters. The molecular formula is C7H6N4O4S. The van der Waals surface area contributed by atoms with Crippen LogP contribution >= 0.6 is 0 Å². The molecular weight excluding hydrogens is 236 g/mol. The molecule has 2 N–H and O–H groups in total. The van der Waals surface area contributed by atoms with Gasteiger partial charge in [0.25, 0.3) is 10.0 Å². The molecule has 0 saturated heterocycles. The van der Waals surface area contributed by atoms with Crippen molar-refractivity contribution < 1.29 is 18.3 Å². The fraction of sp³-hybridized carbons (Fsp3) is 0. The SMILES string of the molecule is [N-]=[N+]=Nc1ccccc1S(=O)(=O)NC(=O)O. The van der Waals surface area contributed by atoms with Gasteiger partial charge in [0.05, 0.1) is 10.6 Å². The molecule has 0 aliphatic heterocycles. The Labute approximate surface area is 90.2 Å². The minimum absolute atomic E-state index is 0.168. The van der Waals surface area contributed by atoms with Crippen LogP contribution in [0.1, 0.15) is 0 Å². The first-order chi connectivity index (χ1) is 7.47. The van der Waals surface area contributed by atoms with E-state index in [4.69, 9.17) is 10.6 Å². The standard InChI is InChI=1S/C7H6N4O4S/c8-11-9-5-3-1-2-4-6(5)16(14,15)10-7(12)13/h1-4,10H,(H,12,13). The van der Waals surface area contributed by atoms with Crippen molar-refractivity contribution in [2.24, 2.45) is 5.11 Å². The summed E-state index contributed by atoms with van der Waals surface area (Å²) >= 11 is 0. The van der Waals surface area contributed by atoms with E-state index in [0.29, 0.717) is 0 Å². The maximum absolute atomic E-state index is 11.5. The maximum Gasteiger partial charge on any atom is 0.418 e. The second kappa shape index (κ2) is 4.51. The Morgan fingerprint density at radius 3 is 2.62 bits per heavy atom. The van der Waals surface area contributed by atoms with E-state index >= 15 is 0 Å². The molecule has 1 aromatic rings. The Morgan fingerprint density at radius 2 is 2.06 bits per heavy atom. The van der Waals surface area contributed by atoms with Crippen LogP contribution in [0.2, 0.25) is 0 Å². The van der Waals surface area contributed by atoms with Crippen LogP contribution in [-0.4, -0.2) is 19.6 Å². The normalized spacial score (nSPS) is 10.2. The van der Waals surface area contributed by atoms with Crippen molar-refractivity contribution in [1.29, 1.82) is 0 Å². The number of nitrogens with zero attached hydrogens (tertiary/aromatic N) is 3. The highest BCUT2D eigenvalue weighted by atomic mass is 32.2. The Morgan fingerprint density at radius 1 is 1.44 bits per heavy atom. The monoisotopic (exact) mass is 242 g/mol. The molecule has 0 aromatic heterocycles. The van der Waals surface area contributed by atoms with E-state index in [1.807, 2.05) is 0 Å². The topological polar surface area (TPSA) is 132 Å². The Kier molecular flexibility index (Phi) is 3.33. The molecule has 0 bridgehead atoms. The molecule has 84 valence electrons. The van der Waals surface area contributed by atoms with Crippen LogP contribution in [0.3, 0.4) is 0 Å². The highest BCUT2D eigenvalue weighted by Crippen LogP contribution is 2.23. The summed E-state index contributed by atoms with van der Waals surface area (Å²) in [6.45, 7) is 0. The molecule has 1 rings (SSSR count). The van der Waals surface area contributed by atoms with Crippen molar-refractivity contribution in [3.05, 3.63) is 34.7 Å². The highest BCUT2D eigenvalue weighted by molar-refractivity contribution is 7.90. The second-order valence-electron chi connectivity index (χ2n) is 2.57. The predicted molar refractivity (Wildman–Crippen MR) is 53.6 cm³/mol. The van der Waals surface area contributed by atoms with Gasteiger partial charge in [-0.05, 0) is 11.6 Å². The van der Waals surface area contributed by atoms with Gasteiger partial charge in [0, 0.05) is 4.91 Å². The largest absolute Gasteiger partial charge is 0.464 e. The van der Waals surface area contributed by atoms with E-state index in [2.05, 4.69) is 10.0 Å². The molecule has 0 radical (unpaired) electrons. The number of carbonyl (C=O) groups is 1. The van der Waals surface area contributed by atoms with E-state index in [0.717, 1.165) is 6.07 Å². The molecule has 0 saturated carbocycles. The summed E-state index contributed by atoms with van der Waals surface area (Å²) in [5.74, 6) is 0. The Hall–Kier alpha value is -2.25. The maximum atomic E-state index is 11.5. The Bertz CT molecular complexity index is 562. The molecule has 0 heterocycles. The third-order valence-corrected chi connectivity index (χ3v) is 2.90. The summed E-state index contributed by atoms with van der Waals surface area (Å²) in [4.78, 5) is 12.3. The van der Waals surface area contributed by atoms with Gasteiger partial charge in [-0.15, -0.1) is 0 Å². The number of nitrogens with one attached hydrogen (secondary N) is 1. The van der Waals surface area contributed by atoms with Crippen LogP contribution < -0.4 is 4.72 Å². The number of carboxylic acid groups (broad SMARTS) is 1. The van der Waals surface area contributed by atoms with E-state index in [9.17, 15) is 13.2 Å². The molecule has 16 heavy (non-hydrogen) atoms. The number of sulfonamides is 1. The number of amides is 1. The molecule has 0 fully saturated rings. The number of rotatable bonds is 3. The Balaban J connectivity index is 3.32. The van der Waals surface area contributed by atoms with Crippen molar-refractivity contribution >= 4 is 21.8 Å². The first kappa shape index (κ1) is 11.8. The van der Waals surface area contributed by atoms with Crippen LogP contribution in [0, 0.1) is 0 Å². The molecule has 1 aromatic carbocycles. The van der Waals surface area contributed by atoms with Gasteiger partial charge < -0.3 is 5.11 Å². The van der Waals surface area contributed by atoms with E-state index in [-0.39, 0.29) is 5.69 Å². The second-order valence-corrected chi connectivity index (χ2v) is 4.22. The van der Waals surface area contributed by atoms with Gasteiger partial charge in [0.1, 0.15) is 0 Å². The molecule has 0 spiro atoms. The lowest BCUT2D eigenvalue weighted by molar-refractivity contribution is 0.201. The fourth-order valence-corrected chi connectivity index (χ4v) is 1.97. The van der Waals surface area contributed by atoms with Crippen molar-refractivity contribution in [2.75, 3.05) is 0 Å². The van der Waals surface area contributed by atoms with Crippen LogP contribution in [0.25, 0.3) is 10.4 Å². The molecule has 9 heteroatoms. The molecule has 0 aliphatic carbocycles. The van der Waals surface area contributed by atoms with Crippen molar-refractivity contribution in [1.82, 2.24) is 4.72 Å². The lowest BCUT2D eigenvalue weighted by Crippen LogP contribution is -2.28. The fourth-order valence-electron chi connectivity index (χ4n) is 0.985. The van der Waals surface area contributed by atoms with Crippen LogP contribution in [0.5, 0.6) is 0 Å². The minimum atomic E-state index is -4.23. The van der Waals surface area contributed by atoms with Gasteiger partial charge in [0.15, 0.2) is 0 Å². The van der Waals surface area contributed by atoms with Crippen LogP contribution in [-0.2, 0) is 10.0 Å². The van der Waals surface area contributed by atoms with Gasteiger partial charge >= 0.3 is 6.09 Å².